The van der Waals surface area contributed by atoms with Crippen LogP contribution in [0.25, 0.3) is 28.6 Å². The van der Waals surface area contributed by atoms with Crippen LogP contribution in [-0.2, 0) is 7.05 Å². The zero-order valence-electron chi connectivity index (χ0n) is 12.4. The van der Waals surface area contributed by atoms with Gasteiger partial charge in [0.2, 0.25) is 0 Å². The molecule has 1 aromatic carbocycles. The summed E-state index contributed by atoms with van der Waals surface area (Å²) in [6, 6.07) is 11.2. The molecule has 0 bridgehead atoms. The summed E-state index contributed by atoms with van der Waals surface area (Å²) in [5.74, 6) is 0.671. The highest BCUT2D eigenvalue weighted by Gasteiger charge is 2.14. The third-order valence-electron chi connectivity index (χ3n) is 3.44. The number of rotatable bonds is 3. The van der Waals surface area contributed by atoms with Gasteiger partial charge in [0.15, 0.2) is 5.82 Å². The van der Waals surface area contributed by atoms with E-state index in [-0.39, 0.29) is 0 Å². The molecule has 5 nitrogen and oxygen atoms in total. The molecule has 6 heteroatoms. The number of aromatic nitrogens is 4. The molecule has 0 aliphatic carbocycles. The standard InChI is InChI=1S/C17H12ClN5/c1-3-13-7-12(8-16(18)21-13)14-5-4-11(9-19)6-15(14)17-22-20-10-23(17)2/h3-8,10H,1H2,2H3. The summed E-state index contributed by atoms with van der Waals surface area (Å²) in [5, 5.41) is 17.6. The second kappa shape index (κ2) is 6.03. The van der Waals surface area contributed by atoms with E-state index in [1.54, 1.807) is 35.2 Å². The molecule has 2 aromatic heterocycles. The lowest BCUT2D eigenvalue weighted by molar-refractivity contribution is 0.920. The molecule has 0 saturated heterocycles. The third-order valence-corrected chi connectivity index (χ3v) is 3.63. The van der Waals surface area contributed by atoms with Crippen LogP contribution in [0.4, 0.5) is 0 Å². The van der Waals surface area contributed by atoms with Crippen molar-refractivity contribution < 1.29 is 0 Å². The number of hydrogen-bond acceptors (Lipinski definition) is 4. The van der Waals surface area contributed by atoms with E-state index in [0.717, 1.165) is 16.7 Å². The van der Waals surface area contributed by atoms with Crippen LogP contribution in [0.15, 0.2) is 43.2 Å². The average molecular weight is 322 g/mol. The van der Waals surface area contributed by atoms with Crippen molar-refractivity contribution in [1.82, 2.24) is 19.7 Å². The molecule has 0 aliphatic rings. The Balaban J connectivity index is 2.28. The fourth-order valence-corrected chi connectivity index (χ4v) is 2.57. The van der Waals surface area contributed by atoms with Gasteiger partial charge in [0, 0.05) is 12.6 Å². The SMILES string of the molecule is C=Cc1cc(-c2ccc(C#N)cc2-c2nncn2C)cc(Cl)n1. The van der Waals surface area contributed by atoms with E-state index in [1.165, 1.54) is 0 Å². The predicted octanol–water partition coefficient (Wildman–Crippen LogP) is 3.71. The molecule has 0 saturated carbocycles. The van der Waals surface area contributed by atoms with Crippen molar-refractivity contribution in [2.45, 2.75) is 0 Å². The molecule has 0 spiro atoms. The van der Waals surface area contributed by atoms with E-state index in [4.69, 9.17) is 11.6 Å². The first-order valence-electron chi connectivity index (χ1n) is 6.81. The predicted molar refractivity (Wildman–Crippen MR) is 89.5 cm³/mol. The van der Waals surface area contributed by atoms with Crippen molar-refractivity contribution in [3.05, 3.63) is 59.6 Å². The second-order valence-electron chi connectivity index (χ2n) is 4.95. The van der Waals surface area contributed by atoms with E-state index < -0.39 is 0 Å². The van der Waals surface area contributed by atoms with Gasteiger partial charge in [-0.05, 0) is 41.5 Å². The van der Waals surface area contributed by atoms with E-state index in [1.807, 2.05) is 19.2 Å². The maximum Gasteiger partial charge on any atom is 0.164 e. The van der Waals surface area contributed by atoms with Crippen molar-refractivity contribution in [3.63, 3.8) is 0 Å². The summed E-state index contributed by atoms with van der Waals surface area (Å²) in [7, 11) is 1.85. The zero-order valence-corrected chi connectivity index (χ0v) is 13.1. The Morgan fingerprint density at radius 3 is 2.74 bits per heavy atom. The number of nitriles is 1. The molecule has 0 amide bonds. The van der Waals surface area contributed by atoms with Gasteiger partial charge < -0.3 is 4.57 Å². The quantitative estimate of drug-likeness (QED) is 0.690. The maximum atomic E-state index is 9.18. The normalized spacial score (nSPS) is 10.3. The van der Waals surface area contributed by atoms with Gasteiger partial charge in [-0.2, -0.15) is 5.26 Å². The Morgan fingerprint density at radius 2 is 2.09 bits per heavy atom. The smallest absolute Gasteiger partial charge is 0.164 e. The molecular formula is C17H12ClN5. The van der Waals surface area contributed by atoms with Crippen molar-refractivity contribution in [1.29, 1.82) is 5.26 Å². The van der Waals surface area contributed by atoms with Crippen molar-refractivity contribution in [2.75, 3.05) is 0 Å². The molecule has 0 radical (unpaired) electrons. The highest BCUT2D eigenvalue weighted by molar-refractivity contribution is 6.29. The zero-order chi connectivity index (χ0) is 16.4. The summed E-state index contributed by atoms with van der Waals surface area (Å²) in [4.78, 5) is 4.18. The number of hydrogen-bond donors (Lipinski definition) is 0. The molecule has 0 unspecified atom stereocenters. The number of nitrogens with zero attached hydrogens (tertiary/aromatic N) is 5. The van der Waals surface area contributed by atoms with Gasteiger partial charge in [-0.3, -0.25) is 0 Å². The van der Waals surface area contributed by atoms with Crippen LogP contribution in [0.1, 0.15) is 11.3 Å². The molecule has 3 rings (SSSR count). The van der Waals surface area contributed by atoms with Gasteiger partial charge in [0.1, 0.15) is 11.5 Å². The van der Waals surface area contributed by atoms with Crippen LogP contribution in [0.5, 0.6) is 0 Å². The minimum atomic E-state index is 0.380. The molecule has 3 aromatic rings. The monoisotopic (exact) mass is 321 g/mol. The van der Waals surface area contributed by atoms with E-state index in [2.05, 4.69) is 27.8 Å². The molecule has 112 valence electrons. The maximum absolute atomic E-state index is 9.18. The fraction of sp³-hybridized carbons (Fsp3) is 0.0588. The molecule has 2 heterocycles. The van der Waals surface area contributed by atoms with Crippen LogP contribution >= 0.6 is 11.6 Å². The Labute approximate surface area is 138 Å². The molecule has 0 N–H and O–H groups in total. The first-order chi connectivity index (χ1) is 11.1. The largest absolute Gasteiger partial charge is 0.317 e. The van der Waals surface area contributed by atoms with E-state index in [0.29, 0.717) is 22.2 Å². The van der Waals surface area contributed by atoms with Gasteiger partial charge in [-0.1, -0.05) is 24.2 Å². The Bertz CT molecular complexity index is 936. The van der Waals surface area contributed by atoms with Gasteiger partial charge in [0.05, 0.1) is 17.3 Å². The van der Waals surface area contributed by atoms with Gasteiger partial charge in [0.25, 0.3) is 0 Å². The lowest BCUT2D eigenvalue weighted by Gasteiger charge is -2.11. The Kier molecular flexibility index (Phi) is 3.92. The van der Waals surface area contributed by atoms with Crippen LogP contribution in [-0.4, -0.2) is 19.7 Å². The highest BCUT2D eigenvalue weighted by atomic mass is 35.5. The number of pyridine rings is 1. The fourth-order valence-electron chi connectivity index (χ4n) is 2.35. The summed E-state index contributed by atoms with van der Waals surface area (Å²) < 4.78 is 1.80. The Hall–Kier alpha value is -2.97. The van der Waals surface area contributed by atoms with Gasteiger partial charge in [-0.25, -0.2) is 4.98 Å². The lowest BCUT2D eigenvalue weighted by atomic mass is 9.97. The van der Waals surface area contributed by atoms with Crippen LogP contribution in [0.2, 0.25) is 5.15 Å². The number of aryl methyl sites for hydroxylation is 1. The van der Waals surface area contributed by atoms with Crippen LogP contribution in [0.3, 0.4) is 0 Å². The van der Waals surface area contributed by atoms with Crippen molar-refractivity contribution in [3.8, 4) is 28.6 Å². The second-order valence-corrected chi connectivity index (χ2v) is 5.33. The van der Waals surface area contributed by atoms with Gasteiger partial charge in [-0.15, -0.1) is 10.2 Å². The lowest BCUT2D eigenvalue weighted by Crippen LogP contribution is -1.96. The van der Waals surface area contributed by atoms with Crippen molar-refractivity contribution in [2.24, 2.45) is 7.05 Å². The molecule has 0 aliphatic heterocycles. The summed E-state index contributed by atoms with van der Waals surface area (Å²) >= 11 is 6.10. The summed E-state index contributed by atoms with van der Waals surface area (Å²) in [5.41, 5.74) is 3.81. The molecule has 0 fully saturated rings. The number of halogens is 1. The minimum Gasteiger partial charge on any atom is -0.317 e. The average Bonchev–Trinajstić information content (AvgIpc) is 2.99. The van der Waals surface area contributed by atoms with Crippen LogP contribution in [0, 0.1) is 11.3 Å². The molecule has 0 atom stereocenters. The third kappa shape index (κ3) is 2.85. The topological polar surface area (TPSA) is 67.4 Å². The number of benzene rings is 1. The van der Waals surface area contributed by atoms with E-state index in [9.17, 15) is 5.26 Å². The summed E-state index contributed by atoms with van der Waals surface area (Å²) in [6.45, 7) is 3.73. The molecule has 23 heavy (non-hydrogen) atoms. The van der Waals surface area contributed by atoms with Crippen LogP contribution < -0.4 is 0 Å². The minimum absolute atomic E-state index is 0.380. The summed E-state index contributed by atoms with van der Waals surface area (Å²) in [6.07, 6.45) is 3.26. The van der Waals surface area contributed by atoms with Crippen molar-refractivity contribution >= 4 is 17.7 Å². The Morgan fingerprint density at radius 1 is 1.26 bits per heavy atom. The molecular weight excluding hydrogens is 310 g/mol. The first kappa shape index (κ1) is 14.9. The highest BCUT2D eigenvalue weighted by Crippen LogP contribution is 2.33. The van der Waals surface area contributed by atoms with Gasteiger partial charge >= 0.3 is 0 Å². The van der Waals surface area contributed by atoms with E-state index >= 15 is 0 Å². The first-order valence-corrected chi connectivity index (χ1v) is 7.19.